The number of aromatic carboxylic acids is 1. The van der Waals surface area contributed by atoms with E-state index in [0.29, 0.717) is 6.54 Å². The molecule has 2 rings (SSSR count). The number of rotatable bonds is 5. The smallest absolute Gasteiger partial charge is 0.335 e. The summed E-state index contributed by atoms with van der Waals surface area (Å²) in [5, 5.41) is 11.5. The minimum atomic E-state index is -1.35. The SMILES string of the molecule is CC(CN1CCCC1)Nc1c(F)cc(C(=O)O)cc1F. The number of likely N-dealkylation sites (tertiary alicyclic amines) is 1. The molecule has 1 atom stereocenters. The number of carboxylic acids is 1. The zero-order valence-electron chi connectivity index (χ0n) is 11.3. The van der Waals surface area contributed by atoms with E-state index in [1.807, 2.05) is 6.92 Å². The van der Waals surface area contributed by atoms with E-state index < -0.39 is 23.2 Å². The van der Waals surface area contributed by atoms with Gasteiger partial charge in [0.2, 0.25) is 0 Å². The summed E-state index contributed by atoms with van der Waals surface area (Å²) in [6, 6.07) is 1.54. The molecule has 1 aromatic rings. The van der Waals surface area contributed by atoms with Gasteiger partial charge in [-0.3, -0.25) is 0 Å². The second-order valence-electron chi connectivity index (χ2n) is 5.17. The minimum absolute atomic E-state index is 0.118. The maximum atomic E-state index is 13.8. The third kappa shape index (κ3) is 3.45. The van der Waals surface area contributed by atoms with E-state index in [1.165, 1.54) is 0 Å². The topological polar surface area (TPSA) is 52.6 Å². The number of nitrogens with one attached hydrogen (secondary N) is 1. The largest absolute Gasteiger partial charge is 0.478 e. The summed E-state index contributed by atoms with van der Waals surface area (Å²) >= 11 is 0. The molecule has 1 fully saturated rings. The lowest BCUT2D eigenvalue weighted by Gasteiger charge is -2.22. The molecule has 110 valence electrons. The zero-order valence-corrected chi connectivity index (χ0v) is 11.3. The predicted octanol–water partition coefficient (Wildman–Crippen LogP) is 2.56. The van der Waals surface area contributed by atoms with Crippen molar-refractivity contribution in [3.8, 4) is 0 Å². The Bertz CT molecular complexity index is 479. The van der Waals surface area contributed by atoms with E-state index in [-0.39, 0.29) is 11.7 Å². The van der Waals surface area contributed by atoms with Crippen LogP contribution in [0.4, 0.5) is 14.5 Å². The molecule has 2 N–H and O–H groups in total. The highest BCUT2D eigenvalue weighted by atomic mass is 19.1. The molecule has 0 saturated carbocycles. The van der Waals surface area contributed by atoms with Crippen molar-refractivity contribution in [1.29, 1.82) is 0 Å². The first-order valence-corrected chi connectivity index (χ1v) is 6.68. The molecule has 6 heteroatoms. The number of hydrogen-bond acceptors (Lipinski definition) is 3. The predicted molar refractivity (Wildman–Crippen MR) is 72.1 cm³/mol. The fourth-order valence-electron chi connectivity index (χ4n) is 2.48. The van der Waals surface area contributed by atoms with Gasteiger partial charge >= 0.3 is 5.97 Å². The van der Waals surface area contributed by atoms with Crippen LogP contribution in [0.15, 0.2) is 12.1 Å². The molecule has 0 spiro atoms. The van der Waals surface area contributed by atoms with Crippen molar-refractivity contribution in [2.75, 3.05) is 25.0 Å². The van der Waals surface area contributed by atoms with Gasteiger partial charge in [0.1, 0.15) is 17.3 Å². The van der Waals surface area contributed by atoms with Crippen LogP contribution in [0, 0.1) is 11.6 Å². The van der Waals surface area contributed by atoms with Crippen LogP contribution in [0.25, 0.3) is 0 Å². The summed E-state index contributed by atoms with van der Waals surface area (Å²) in [5.74, 6) is -3.11. The molecule has 4 nitrogen and oxygen atoms in total. The van der Waals surface area contributed by atoms with Crippen LogP contribution >= 0.6 is 0 Å². The van der Waals surface area contributed by atoms with Crippen molar-refractivity contribution in [3.63, 3.8) is 0 Å². The molecule has 0 aliphatic carbocycles. The molecule has 1 unspecified atom stereocenters. The Morgan fingerprint density at radius 3 is 2.40 bits per heavy atom. The molecule has 1 aliphatic heterocycles. The van der Waals surface area contributed by atoms with Crippen LogP contribution in [-0.2, 0) is 0 Å². The molecule has 1 aliphatic rings. The summed E-state index contributed by atoms with van der Waals surface area (Å²) in [5.41, 5.74) is -0.653. The van der Waals surface area contributed by atoms with Crippen molar-refractivity contribution in [2.45, 2.75) is 25.8 Å². The summed E-state index contributed by atoms with van der Waals surface area (Å²) in [6.07, 6.45) is 2.31. The first-order chi connectivity index (χ1) is 9.47. The van der Waals surface area contributed by atoms with E-state index in [9.17, 15) is 13.6 Å². The van der Waals surface area contributed by atoms with Gasteiger partial charge < -0.3 is 15.3 Å². The maximum absolute atomic E-state index is 13.8. The first kappa shape index (κ1) is 14.7. The standard InChI is InChI=1S/C14H18F2N2O2/c1-9(8-18-4-2-3-5-18)17-13-11(15)6-10(14(19)20)7-12(13)16/h6-7,9,17H,2-5,8H2,1H3,(H,19,20). The Morgan fingerprint density at radius 2 is 1.90 bits per heavy atom. The van der Waals surface area contributed by atoms with Crippen LogP contribution in [0.2, 0.25) is 0 Å². The van der Waals surface area contributed by atoms with Gasteiger partial charge in [0.15, 0.2) is 0 Å². The summed E-state index contributed by atoms with van der Waals surface area (Å²) in [7, 11) is 0. The summed E-state index contributed by atoms with van der Waals surface area (Å²) in [4.78, 5) is 12.9. The van der Waals surface area contributed by atoms with E-state index >= 15 is 0 Å². The van der Waals surface area contributed by atoms with Crippen LogP contribution in [0.1, 0.15) is 30.1 Å². The molecular formula is C14H18F2N2O2. The first-order valence-electron chi connectivity index (χ1n) is 6.68. The summed E-state index contributed by atoms with van der Waals surface area (Å²) in [6.45, 7) is 4.58. The molecule has 0 bridgehead atoms. The Kier molecular flexibility index (Phi) is 4.54. The number of anilines is 1. The molecule has 1 saturated heterocycles. The average molecular weight is 284 g/mol. The summed E-state index contributed by atoms with van der Waals surface area (Å²) < 4.78 is 27.5. The highest BCUT2D eigenvalue weighted by Gasteiger charge is 2.19. The zero-order chi connectivity index (χ0) is 14.7. The van der Waals surface area contributed by atoms with Gasteiger partial charge in [-0.05, 0) is 45.0 Å². The Hall–Kier alpha value is -1.69. The lowest BCUT2D eigenvalue weighted by Crippen LogP contribution is -2.33. The van der Waals surface area contributed by atoms with E-state index in [0.717, 1.165) is 38.1 Å². The Balaban J connectivity index is 2.06. The Labute approximate surface area is 116 Å². The normalized spacial score (nSPS) is 17.1. The van der Waals surface area contributed by atoms with Crippen molar-refractivity contribution in [2.24, 2.45) is 0 Å². The van der Waals surface area contributed by atoms with Crippen LogP contribution in [0.3, 0.4) is 0 Å². The number of hydrogen-bond donors (Lipinski definition) is 2. The third-order valence-electron chi connectivity index (χ3n) is 3.41. The fraction of sp³-hybridized carbons (Fsp3) is 0.500. The van der Waals surface area contributed by atoms with Gasteiger partial charge in [0.25, 0.3) is 0 Å². The molecule has 0 aromatic heterocycles. The van der Waals surface area contributed by atoms with Crippen molar-refractivity contribution in [3.05, 3.63) is 29.3 Å². The number of carbonyl (C=O) groups is 1. The molecule has 20 heavy (non-hydrogen) atoms. The molecule has 0 radical (unpaired) electrons. The van der Waals surface area contributed by atoms with Crippen molar-refractivity contribution < 1.29 is 18.7 Å². The lowest BCUT2D eigenvalue weighted by molar-refractivity contribution is 0.0696. The number of nitrogens with zero attached hydrogens (tertiary/aromatic N) is 1. The second kappa shape index (κ2) is 6.17. The minimum Gasteiger partial charge on any atom is -0.478 e. The monoisotopic (exact) mass is 284 g/mol. The number of carboxylic acid groups (broad SMARTS) is 1. The van der Waals surface area contributed by atoms with Gasteiger partial charge in [0, 0.05) is 12.6 Å². The van der Waals surface area contributed by atoms with Gasteiger partial charge in [-0.25, -0.2) is 13.6 Å². The van der Waals surface area contributed by atoms with Crippen LogP contribution in [0.5, 0.6) is 0 Å². The van der Waals surface area contributed by atoms with Gasteiger partial charge in [0.05, 0.1) is 5.56 Å². The van der Waals surface area contributed by atoms with E-state index in [1.54, 1.807) is 0 Å². The van der Waals surface area contributed by atoms with Gasteiger partial charge in [-0.2, -0.15) is 0 Å². The van der Waals surface area contributed by atoms with Crippen molar-refractivity contribution >= 4 is 11.7 Å². The van der Waals surface area contributed by atoms with E-state index in [4.69, 9.17) is 5.11 Å². The lowest BCUT2D eigenvalue weighted by atomic mass is 10.1. The van der Waals surface area contributed by atoms with Gasteiger partial charge in [-0.15, -0.1) is 0 Å². The Morgan fingerprint density at radius 1 is 1.35 bits per heavy atom. The van der Waals surface area contributed by atoms with Crippen molar-refractivity contribution in [1.82, 2.24) is 4.90 Å². The van der Waals surface area contributed by atoms with Crippen LogP contribution in [-0.4, -0.2) is 41.7 Å². The molecule has 1 aromatic carbocycles. The number of benzene rings is 1. The molecule has 1 heterocycles. The third-order valence-corrected chi connectivity index (χ3v) is 3.41. The van der Waals surface area contributed by atoms with Crippen LogP contribution < -0.4 is 5.32 Å². The molecule has 0 amide bonds. The highest BCUT2D eigenvalue weighted by Crippen LogP contribution is 2.22. The molecular weight excluding hydrogens is 266 g/mol. The average Bonchev–Trinajstić information content (AvgIpc) is 2.86. The number of halogens is 2. The highest BCUT2D eigenvalue weighted by molar-refractivity contribution is 5.88. The maximum Gasteiger partial charge on any atom is 0.335 e. The second-order valence-corrected chi connectivity index (χ2v) is 5.17. The van der Waals surface area contributed by atoms with Gasteiger partial charge in [-0.1, -0.05) is 0 Å². The quantitative estimate of drug-likeness (QED) is 0.872. The fourth-order valence-corrected chi connectivity index (χ4v) is 2.48. The van der Waals surface area contributed by atoms with E-state index in [2.05, 4.69) is 10.2 Å².